The van der Waals surface area contributed by atoms with E-state index < -0.39 is 0 Å². The summed E-state index contributed by atoms with van der Waals surface area (Å²) in [5, 5.41) is 0.844. The first-order valence-corrected chi connectivity index (χ1v) is 8.36. The molecule has 5 heteroatoms. The van der Waals surface area contributed by atoms with E-state index in [1.54, 1.807) is 20.3 Å². The number of aryl methyl sites for hydroxylation is 1. The zero-order chi connectivity index (χ0) is 18.5. The molecule has 2 aromatic carbocycles. The van der Waals surface area contributed by atoms with Crippen LogP contribution >= 0.6 is 0 Å². The minimum atomic E-state index is -0.367. The second-order valence-corrected chi connectivity index (χ2v) is 5.91. The molecule has 0 unspecified atom stereocenters. The maximum Gasteiger partial charge on any atom is 0.340 e. The van der Waals surface area contributed by atoms with Gasteiger partial charge in [0.1, 0.15) is 11.5 Å². The Labute approximate surface area is 152 Å². The van der Waals surface area contributed by atoms with Crippen molar-refractivity contribution in [3.05, 3.63) is 65.4 Å². The molecule has 0 saturated carbocycles. The van der Waals surface area contributed by atoms with Crippen LogP contribution in [0.3, 0.4) is 0 Å². The van der Waals surface area contributed by atoms with Gasteiger partial charge in [0.05, 0.1) is 37.6 Å². The van der Waals surface area contributed by atoms with Gasteiger partial charge in [-0.25, -0.2) is 4.79 Å². The SMILES string of the molecule is COc1ccc(CCOC(=O)c2cc3cc(OC)ccc3nc2C)cc1. The zero-order valence-corrected chi connectivity index (χ0v) is 15.1. The fourth-order valence-electron chi connectivity index (χ4n) is 2.72. The van der Waals surface area contributed by atoms with Crippen molar-refractivity contribution in [1.82, 2.24) is 4.98 Å². The van der Waals surface area contributed by atoms with E-state index in [-0.39, 0.29) is 5.97 Å². The highest BCUT2D eigenvalue weighted by molar-refractivity contribution is 5.95. The summed E-state index contributed by atoms with van der Waals surface area (Å²) >= 11 is 0. The van der Waals surface area contributed by atoms with Crippen LogP contribution < -0.4 is 9.47 Å². The topological polar surface area (TPSA) is 57.7 Å². The first kappa shape index (κ1) is 17.7. The fourth-order valence-corrected chi connectivity index (χ4v) is 2.72. The number of carbonyl (C=O) groups is 1. The van der Waals surface area contributed by atoms with Crippen molar-refractivity contribution in [2.75, 3.05) is 20.8 Å². The lowest BCUT2D eigenvalue weighted by Gasteiger charge is -2.09. The average molecular weight is 351 g/mol. The molecule has 0 bridgehead atoms. The molecule has 0 saturated heterocycles. The van der Waals surface area contributed by atoms with E-state index in [9.17, 15) is 4.79 Å². The molecule has 26 heavy (non-hydrogen) atoms. The largest absolute Gasteiger partial charge is 0.497 e. The highest BCUT2D eigenvalue weighted by Gasteiger charge is 2.13. The van der Waals surface area contributed by atoms with Crippen molar-refractivity contribution in [3.63, 3.8) is 0 Å². The van der Waals surface area contributed by atoms with Gasteiger partial charge in [-0.3, -0.25) is 4.98 Å². The molecule has 0 spiro atoms. The van der Waals surface area contributed by atoms with E-state index >= 15 is 0 Å². The second kappa shape index (κ2) is 7.87. The third-order valence-corrected chi connectivity index (χ3v) is 4.22. The Morgan fingerprint density at radius 3 is 2.35 bits per heavy atom. The van der Waals surface area contributed by atoms with Crippen LogP contribution in [-0.4, -0.2) is 31.8 Å². The summed E-state index contributed by atoms with van der Waals surface area (Å²) in [6, 6.07) is 15.1. The van der Waals surface area contributed by atoms with E-state index in [2.05, 4.69) is 4.98 Å². The van der Waals surface area contributed by atoms with Crippen molar-refractivity contribution >= 4 is 16.9 Å². The lowest BCUT2D eigenvalue weighted by atomic mass is 10.1. The molecule has 1 aromatic heterocycles. The predicted octanol–water partition coefficient (Wildman–Crippen LogP) is 3.96. The van der Waals surface area contributed by atoms with Crippen LogP contribution in [0.1, 0.15) is 21.6 Å². The van der Waals surface area contributed by atoms with Gasteiger partial charge in [0, 0.05) is 11.8 Å². The van der Waals surface area contributed by atoms with Gasteiger partial charge in [-0.15, -0.1) is 0 Å². The molecule has 3 aromatic rings. The van der Waals surface area contributed by atoms with E-state index in [1.807, 2.05) is 49.4 Å². The summed E-state index contributed by atoms with van der Waals surface area (Å²) in [5.41, 5.74) is 3.02. The summed E-state index contributed by atoms with van der Waals surface area (Å²) in [4.78, 5) is 16.9. The van der Waals surface area contributed by atoms with Crippen LogP contribution in [0.2, 0.25) is 0 Å². The number of esters is 1. The van der Waals surface area contributed by atoms with Gasteiger partial charge in [-0.1, -0.05) is 12.1 Å². The van der Waals surface area contributed by atoms with Crippen LogP contribution in [0.5, 0.6) is 11.5 Å². The van der Waals surface area contributed by atoms with Crippen molar-refractivity contribution in [3.8, 4) is 11.5 Å². The maximum atomic E-state index is 12.4. The number of ether oxygens (including phenoxy) is 3. The van der Waals surface area contributed by atoms with Gasteiger partial charge in [-0.2, -0.15) is 0 Å². The molecule has 0 N–H and O–H groups in total. The zero-order valence-electron chi connectivity index (χ0n) is 15.1. The summed E-state index contributed by atoms with van der Waals surface area (Å²) in [6.45, 7) is 2.12. The second-order valence-electron chi connectivity index (χ2n) is 5.91. The van der Waals surface area contributed by atoms with Gasteiger partial charge >= 0.3 is 5.97 Å². The van der Waals surface area contributed by atoms with E-state index in [4.69, 9.17) is 14.2 Å². The Hall–Kier alpha value is -3.08. The lowest BCUT2D eigenvalue weighted by Crippen LogP contribution is -2.10. The molecule has 134 valence electrons. The molecule has 0 aliphatic rings. The Morgan fingerprint density at radius 2 is 1.65 bits per heavy atom. The van der Waals surface area contributed by atoms with Crippen molar-refractivity contribution < 1.29 is 19.0 Å². The number of rotatable bonds is 6. The van der Waals surface area contributed by atoms with Gasteiger partial charge in [0.25, 0.3) is 0 Å². The molecule has 0 atom stereocenters. The number of nitrogens with zero attached hydrogens (tertiary/aromatic N) is 1. The molecule has 0 amide bonds. The molecular formula is C21H21NO4. The highest BCUT2D eigenvalue weighted by atomic mass is 16.5. The molecule has 3 rings (SSSR count). The Balaban J connectivity index is 1.69. The van der Waals surface area contributed by atoms with E-state index in [0.29, 0.717) is 24.3 Å². The van der Waals surface area contributed by atoms with Crippen LogP contribution in [0, 0.1) is 6.92 Å². The smallest absolute Gasteiger partial charge is 0.340 e. The first-order valence-electron chi connectivity index (χ1n) is 8.36. The maximum absolute atomic E-state index is 12.4. The van der Waals surface area contributed by atoms with Crippen LogP contribution in [0.25, 0.3) is 10.9 Å². The molecule has 0 aliphatic heterocycles. The minimum absolute atomic E-state index is 0.306. The number of pyridine rings is 1. The molecule has 5 nitrogen and oxygen atoms in total. The summed E-state index contributed by atoms with van der Waals surface area (Å²) in [7, 11) is 3.24. The Morgan fingerprint density at radius 1 is 0.962 bits per heavy atom. The predicted molar refractivity (Wildman–Crippen MR) is 100 cm³/mol. The number of hydrogen-bond donors (Lipinski definition) is 0. The van der Waals surface area contributed by atoms with E-state index in [0.717, 1.165) is 28.0 Å². The monoisotopic (exact) mass is 351 g/mol. The summed E-state index contributed by atoms with van der Waals surface area (Å²) in [5.74, 6) is 1.16. The van der Waals surface area contributed by atoms with Gasteiger partial charge in [-0.05, 0) is 48.9 Å². The minimum Gasteiger partial charge on any atom is -0.497 e. The standard InChI is InChI=1S/C21H21NO4/c1-14-19(13-16-12-18(25-3)8-9-20(16)22-14)21(23)26-11-10-15-4-6-17(24-2)7-5-15/h4-9,12-13H,10-11H2,1-3H3. The van der Waals surface area contributed by atoms with Crippen LogP contribution in [0.4, 0.5) is 0 Å². The van der Waals surface area contributed by atoms with Crippen LogP contribution in [0.15, 0.2) is 48.5 Å². The summed E-state index contributed by atoms with van der Waals surface area (Å²) < 4.78 is 15.8. The normalized spacial score (nSPS) is 10.6. The third-order valence-electron chi connectivity index (χ3n) is 4.22. The highest BCUT2D eigenvalue weighted by Crippen LogP contribution is 2.22. The third kappa shape index (κ3) is 3.94. The number of aromatic nitrogens is 1. The Bertz CT molecular complexity index is 919. The quantitative estimate of drug-likeness (QED) is 0.629. The Kier molecular flexibility index (Phi) is 5.37. The van der Waals surface area contributed by atoms with Gasteiger partial charge < -0.3 is 14.2 Å². The van der Waals surface area contributed by atoms with Crippen molar-refractivity contribution in [2.45, 2.75) is 13.3 Å². The number of benzene rings is 2. The van der Waals surface area contributed by atoms with Gasteiger partial charge in [0.15, 0.2) is 0 Å². The van der Waals surface area contributed by atoms with Crippen LogP contribution in [-0.2, 0) is 11.2 Å². The molecule has 0 radical (unpaired) electrons. The number of fused-ring (bicyclic) bond motifs is 1. The molecule has 0 fully saturated rings. The lowest BCUT2D eigenvalue weighted by molar-refractivity contribution is 0.0508. The van der Waals surface area contributed by atoms with Crippen molar-refractivity contribution in [2.24, 2.45) is 0 Å². The molecule has 1 heterocycles. The molecular weight excluding hydrogens is 330 g/mol. The average Bonchev–Trinajstić information content (AvgIpc) is 2.67. The summed E-state index contributed by atoms with van der Waals surface area (Å²) in [6.07, 6.45) is 0.642. The van der Waals surface area contributed by atoms with Crippen molar-refractivity contribution in [1.29, 1.82) is 0 Å². The first-order chi connectivity index (χ1) is 12.6. The number of methoxy groups -OCH3 is 2. The van der Waals surface area contributed by atoms with E-state index in [1.165, 1.54) is 0 Å². The number of hydrogen-bond acceptors (Lipinski definition) is 5. The fraction of sp³-hybridized carbons (Fsp3) is 0.238. The molecule has 0 aliphatic carbocycles. The van der Waals surface area contributed by atoms with Gasteiger partial charge in [0.2, 0.25) is 0 Å². The number of carbonyl (C=O) groups excluding carboxylic acids is 1.